The van der Waals surface area contributed by atoms with Crippen LogP contribution < -0.4 is 11.3 Å². The smallest absolute Gasteiger partial charge is 0.0850 e. The summed E-state index contributed by atoms with van der Waals surface area (Å²) >= 11 is 10.4. The number of hydrazine groups is 1. The number of halogens is 2. The first-order chi connectivity index (χ1) is 9.06. The predicted octanol–water partition coefficient (Wildman–Crippen LogP) is 3.05. The molecule has 0 aliphatic carbocycles. The highest BCUT2D eigenvalue weighted by Crippen LogP contribution is 2.28. The van der Waals surface area contributed by atoms with E-state index in [4.69, 9.17) is 17.4 Å². The van der Waals surface area contributed by atoms with Crippen LogP contribution in [-0.2, 0) is 19.9 Å². The van der Waals surface area contributed by atoms with Crippen LogP contribution in [0.15, 0.2) is 11.4 Å². The molecule has 0 aromatic carbocycles. The van der Waals surface area contributed by atoms with Gasteiger partial charge in [-0.1, -0.05) is 18.5 Å². The lowest BCUT2D eigenvalue weighted by molar-refractivity contribution is 0.531. The van der Waals surface area contributed by atoms with Gasteiger partial charge in [0.05, 0.1) is 25.3 Å². The molecule has 1 unspecified atom stereocenters. The summed E-state index contributed by atoms with van der Waals surface area (Å²) in [5.74, 6) is 5.68. The summed E-state index contributed by atoms with van der Waals surface area (Å²) in [5, 5.41) is 7.31. The van der Waals surface area contributed by atoms with Gasteiger partial charge in [0.15, 0.2) is 0 Å². The van der Waals surface area contributed by atoms with Gasteiger partial charge < -0.3 is 0 Å². The van der Waals surface area contributed by atoms with Crippen molar-refractivity contribution in [1.29, 1.82) is 0 Å². The van der Waals surface area contributed by atoms with E-state index in [0.717, 1.165) is 29.3 Å². The van der Waals surface area contributed by atoms with Gasteiger partial charge in [0.2, 0.25) is 0 Å². The Balaban J connectivity index is 2.26. The van der Waals surface area contributed by atoms with E-state index < -0.39 is 0 Å². The zero-order valence-corrected chi connectivity index (χ0v) is 14.5. The number of aryl methyl sites for hydroxylation is 2. The number of rotatable bonds is 5. The molecule has 0 spiro atoms. The van der Waals surface area contributed by atoms with Crippen molar-refractivity contribution in [3.8, 4) is 0 Å². The van der Waals surface area contributed by atoms with E-state index >= 15 is 0 Å². The highest BCUT2D eigenvalue weighted by Gasteiger charge is 2.19. The Hall–Kier alpha value is -0.150. The van der Waals surface area contributed by atoms with Gasteiger partial charge in [-0.25, -0.2) is 0 Å². The maximum atomic E-state index is 6.37. The minimum atomic E-state index is 0.0531. The van der Waals surface area contributed by atoms with Crippen molar-refractivity contribution in [3.05, 3.63) is 36.3 Å². The molecular weight excluding hydrogens is 395 g/mol. The molecule has 4 nitrogen and oxygen atoms in total. The number of thiophene rings is 1. The molecule has 1 atom stereocenters. The van der Waals surface area contributed by atoms with Crippen LogP contribution in [0.5, 0.6) is 0 Å². The standard InChI is InChI=1S/C12H16ClIN4S/c1-3-8-12(13)10(18(2)17-8)5-9(16-15)7-4-11(14)19-6-7/h4,6,9,16H,3,5,15H2,1-2H3. The van der Waals surface area contributed by atoms with Crippen LogP contribution >= 0.6 is 45.5 Å². The maximum Gasteiger partial charge on any atom is 0.0850 e. The Morgan fingerprint density at radius 3 is 2.84 bits per heavy atom. The van der Waals surface area contributed by atoms with Gasteiger partial charge in [-0.15, -0.1) is 11.3 Å². The Morgan fingerprint density at radius 1 is 1.63 bits per heavy atom. The summed E-state index contributed by atoms with van der Waals surface area (Å²) in [6.45, 7) is 2.05. The quantitative estimate of drug-likeness (QED) is 0.452. The lowest BCUT2D eigenvalue weighted by atomic mass is 10.1. The summed E-state index contributed by atoms with van der Waals surface area (Å²) in [4.78, 5) is 0. The van der Waals surface area contributed by atoms with Crippen LogP contribution in [0.4, 0.5) is 0 Å². The Bertz CT molecular complexity index is 566. The second kappa shape index (κ2) is 6.53. The highest BCUT2D eigenvalue weighted by atomic mass is 127. The average Bonchev–Trinajstić information content (AvgIpc) is 2.92. The normalized spacial score (nSPS) is 12.9. The van der Waals surface area contributed by atoms with Crippen molar-refractivity contribution >= 4 is 45.5 Å². The van der Waals surface area contributed by atoms with Crippen LogP contribution in [0.3, 0.4) is 0 Å². The largest absolute Gasteiger partial charge is 0.271 e. The van der Waals surface area contributed by atoms with E-state index in [1.807, 2.05) is 11.7 Å². The molecule has 0 radical (unpaired) electrons. The fraction of sp³-hybridized carbons (Fsp3) is 0.417. The summed E-state index contributed by atoms with van der Waals surface area (Å²) in [6.07, 6.45) is 1.56. The summed E-state index contributed by atoms with van der Waals surface area (Å²) in [5.41, 5.74) is 6.01. The van der Waals surface area contributed by atoms with Crippen LogP contribution in [0.1, 0.15) is 29.9 Å². The van der Waals surface area contributed by atoms with Gasteiger partial charge in [0.1, 0.15) is 0 Å². The SMILES string of the molecule is CCc1nn(C)c(CC(NN)c2csc(I)c2)c1Cl. The van der Waals surface area contributed by atoms with Crippen LogP contribution in [0, 0.1) is 2.88 Å². The summed E-state index contributed by atoms with van der Waals surface area (Å²) < 4.78 is 3.10. The van der Waals surface area contributed by atoms with E-state index in [9.17, 15) is 0 Å². The molecule has 0 amide bonds. The zero-order chi connectivity index (χ0) is 14.0. The molecule has 2 rings (SSSR count). The third kappa shape index (κ3) is 3.30. The topological polar surface area (TPSA) is 55.9 Å². The van der Waals surface area contributed by atoms with Gasteiger partial charge in [-0.2, -0.15) is 5.10 Å². The predicted molar refractivity (Wildman–Crippen MR) is 88.4 cm³/mol. The van der Waals surface area contributed by atoms with Crippen LogP contribution in [-0.4, -0.2) is 9.78 Å². The Morgan fingerprint density at radius 2 is 2.37 bits per heavy atom. The third-order valence-corrected chi connectivity index (χ3v) is 5.34. The Labute approximate surface area is 135 Å². The Kier molecular flexibility index (Phi) is 5.24. The van der Waals surface area contributed by atoms with E-state index in [1.165, 1.54) is 8.45 Å². The molecule has 19 heavy (non-hydrogen) atoms. The van der Waals surface area contributed by atoms with Gasteiger partial charge >= 0.3 is 0 Å². The molecule has 0 aliphatic heterocycles. The van der Waals surface area contributed by atoms with Crippen LogP contribution in [0.25, 0.3) is 0 Å². The first kappa shape index (κ1) is 15.2. The molecule has 0 saturated carbocycles. The lowest BCUT2D eigenvalue weighted by Gasteiger charge is -2.15. The van der Waals surface area contributed by atoms with Crippen molar-refractivity contribution < 1.29 is 0 Å². The first-order valence-electron chi connectivity index (χ1n) is 5.97. The van der Waals surface area contributed by atoms with Crippen molar-refractivity contribution in [2.45, 2.75) is 25.8 Å². The molecular formula is C12H16ClIN4S. The minimum Gasteiger partial charge on any atom is -0.271 e. The summed E-state index contributed by atoms with van der Waals surface area (Å²) in [6, 6.07) is 2.19. The monoisotopic (exact) mass is 410 g/mol. The lowest BCUT2D eigenvalue weighted by Crippen LogP contribution is -2.29. The fourth-order valence-electron chi connectivity index (χ4n) is 2.01. The number of aromatic nitrogens is 2. The van der Waals surface area contributed by atoms with Gasteiger partial charge in [0.25, 0.3) is 0 Å². The van der Waals surface area contributed by atoms with Gasteiger partial charge in [-0.3, -0.25) is 16.0 Å². The average molecular weight is 411 g/mol. The number of hydrogen-bond acceptors (Lipinski definition) is 4. The molecule has 2 aromatic rings. The molecule has 0 bridgehead atoms. The molecule has 0 aliphatic rings. The van der Waals surface area contributed by atoms with E-state index in [1.54, 1.807) is 11.3 Å². The zero-order valence-electron chi connectivity index (χ0n) is 10.8. The number of nitrogens with two attached hydrogens (primary N) is 1. The molecule has 0 saturated heterocycles. The van der Waals surface area contributed by atoms with Crippen molar-refractivity contribution in [2.75, 3.05) is 0 Å². The number of nitrogens with zero attached hydrogens (tertiary/aromatic N) is 2. The second-order valence-corrected chi connectivity index (χ2v) is 7.48. The molecule has 104 valence electrons. The highest BCUT2D eigenvalue weighted by molar-refractivity contribution is 14.1. The third-order valence-electron chi connectivity index (χ3n) is 3.09. The fourth-order valence-corrected chi connectivity index (χ4v) is 3.81. The molecule has 7 heteroatoms. The van der Waals surface area contributed by atoms with Crippen molar-refractivity contribution in [2.24, 2.45) is 12.9 Å². The van der Waals surface area contributed by atoms with Crippen molar-refractivity contribution in [3.63, 3.8) is 0 Å². The van der Waals surface area contributed by atoms with Gasteiger partial charge in [0, 0.05) is 13.5 Å². The molecule has 3 N–H and O–H groups in total. The number of nitrogens with one attached hydrogen (secondary N) is 1. The van der Waals surface area contributed by atoms with Gasteiger partial charge in [-0.05, 0) is 46.0 Å². The number of hydrogen-bond donors (Lipinski definition) is 2. The maximum absolute atomic E-state index is 6.37. The van der Waals surface area contributed by atoms with Crippen molar-refractivity contribution in [1.82, 2.24) is 15.2 Å². The minimum absolute atomic E-state index is 0.0531. The summed E-state index contributed by atoms with van der Waals surface area (Å²) in [7, 11) is 1.92. The van der Waals surface area contributed by atoms with E-state index in [-0.39, 0.29) is 6.04 Å². The molecule has 0 fully saturated rings. The molecule has 2 aromatic heterocycles. The first-order valence-corrected chi connectivity index (χ1v) is 8.30. The van der Waals surface area contributed by atoms with E-state index in [2.05, 4.69) is 51.5 Å². The second-order valence-electron chi connectivity index (χ2n) is 4.29. The molecule has 2 heterocycles. The van der Waals surface area contributed by atoms with E-state index in [0.29, 0.717) is 0 Å². The van der Waals surface area contributed by atoms with Crippen LogP contribution in [0.2, 0.25) is 5.02 Å².